The van der Waals surface area contributed by atoms with Gasteiger partial charge in [0.25, 0.3) is 0 Å². The van der Waals surface area contributed by atoms with Crippen LogP contribution in [0.25, 0.3) is 0 Å². The van der Waals surface area contributed by atoms with Gasteiger partial charge in [0.2, 0.25) is 0 Å². The lowest BCUT2D eigenvalue weighted by Gasteiger charge is -2.10. The molecule has 1 aromatic rings. The zero-order valence-electron chi connectivity index (χ0n) is 10.1. The number of nitrogens with zero attached hydrogens (tertiary/aromatic N) is 1. The second-order valence-electron chi connectivity index (χ2n) is 4.54. The molecule has 2 atom stereocenters. The minimum Gasteiger partial charge on any atom is -0.368 e. The molecule has 1 aliphatic carbocycles. The van der Waals surface area contributed by atoms with E-state index in [4.69, 9.17) is 0 Å². The second-order valence-corrected chi connectivity index (χ2v) is 4.54. The average Bonchev–Trinajstić information content (AvgIpc) is 2.97. The summed E-state index contributed by atoms with van der Waals surface area (Å²) in [4.78, 5) is 3.95. The van der Waals surface area contributed by atoms with E-state index >= 15 is 0 Å². The third kappa shape index (κ3) is 2.84. The fraction of sp³-hybridized carbons (Fsp3) is 0.583. The molecule has 5 heteroatoms. The zero-order chi connectivity index (χ0) is 12.4. The highest BCUT2D eigenvalue weighted by Gasteiger charge is 2.33. The van der Waals surface area contributed by atoms with E-state index in [1.807, 2.05) is 6.92 Å². The SMILES string of the molecule is CCCNc1nc(NC2CC2C)c(F)cc1F. The molecule has 2 unspecified atom stereocenters. The molecule has 0 amide bonds. The van der Waals surface area contributed by atoms with Gasteiger partial charge in [-0.15, -0.1) is 0 Å². The second kappa shape index (κ2) is 4.85. The maximum Gasteiger partial charge on any atom is 0.168 e. The van der Waals surface area contributed by atoms with E-state index in [2.05, 4.69) is 22.5 Å². The Bertz CT molecular complexity index is 409. The molecule has 1 saturated carbocycles. The number of hydrogen-bond donors (Lipinski definition) is 2. The number of pyridine rings is 1. The van der Waals surface area contributed by atoms with Crippen molar-refractivity contribution >= 4 is 11.6 Å². The summed E-state index contributed by atoms with van der Waals surface area (Å²) in [5, 5.41) is 5.83. The molecule has 17 heavy (non-hydrogen) atoms. The van der Waals surface area contributed by atoms with Gasteiger partial charge >= 0.3 is 0 Å². The van der Waals surface area contributed by atoms with E-state index in [0.29, 0.717) is 12.5 Å². The number of aromatic nitrogens is 1. The monoisotopic (exact) mass is 241 g/mol. The number of nitrogens with one attached hydrogen (secondary N) is 2. The Hall–Kier alpha value is -1.39. The molecule has 0 spiro atoms. The first-order chi connectivity index (χ1) is 8.11. The first-order valence-corrected chi connectivity index (χ1v) is 5.98. The van der Waals surface area contributed by atoms with Crippen molar-refractivity contribution in [2.45, 2.75) is 32.7 Å². The molecule has 1 heterocycles. The lowest BCUT2D eigenvalue weighted by atomic mass is 10.3. The summed E-state index contributed by atoms with van der Waals surface area (Å²) in [6.07, 6.45) is 1.87. The standard InChI is InChI=1S/C12H17F2N3/c1-3-4-15-11-8(13)6-9(14)12(17-11)16-10-5-7(10)2/h6-7,10H,3-5H2,1-2H3,(H2,15,16,17). The predicted octanol–water partition coefficient (Wildman–Crippen LogP) is 3.00. The molecule has 1 aliphatic rings. The van der Waals surface area contributed by atoms with Crippen molar-refractivity contribution < 1.29 is 8.78 Å². The Morgan fingerprint density at radius 2 is 2.00 bits per heavy atom. The summed E-state index contributed by atoms with van der Waals surface area (Å²) in [5.74, 6) is -0.495. The summed E-state index contributed by atoms with van der Waals surface area (Å²) < 4.78 is 26.9. The van der Waals surface area contributed by atoms with Crippen molar-refractivity contribution in [1.82, 2.24) is 4.98 Å². The Morgan fingerprint density at radius 3 is 2.59 bits per heavy atom. The van der Waals surface area contributed by atoms with Crippen molar-refractivity contribution in [1.29, 1.82) is 0 Å². The molecular weight excluding hydrogens is 224 g/mol. The van der Waals surface area contributed by atoms with Crippen LogP contribution in [0.4, 0.5) is 20.4 Å². The van der Waals surface area contributed by atoms with Crippen LogP contribution in [-0.4, -0.2) is 17.6 Å². The highest BCUT2D eigenvalue weighted by atomic mass is 19.1. The molecule has 2 rings (SSSR count). The zero-order valence-corrected chi connectivity index (χ0v) is 10.1. The van der Waals surface area contributed by atoms with E-state index in [-0.39, 0.29) is 17.7 Å². The predicted molar refractivity (Wildman–Crippen MR) is 64.1 cm³/mol. The normalized spacial score (nSPS) is 22.4. The lowest BCUT2D eigenvalue weighted by Crippen LogP contribution is -2.11. The molecule has 0 bridgehead atoms. The maximum absolute atomic E-state index is 13.5. The largest absolute Gasteiger partial charge is 0.368 e. The Kier molecular flexibility index (Phi) is 3.45. The number of halogens is 2. The summed E-state index contributed by atoms with van der Waals surface area (Å²) >= 11 is 0. The highest BCUT2D eigenvalue weighted by Crippen LogP contribution is 2.33. The molecule has 94 valence electrons. The molecule has 0 aliphatic heterocycles. The van der Waals surface area contributed by atoms with Gasteiger partial charge in [-0.1, -0.05) is 13.8 Å². The molecular formula is C12H17F2N3. The van der Waals surface area contributed by atoms with Gasteiger partial charge < -0.3 is 10.6 Å². The van der Waals surface area contributed by atoms with Crippen LogP contribution in [0.3, 0.4) is 0 Å². The number of anilines is 2. The maximum atomic E-state index is 13.5. The molecule has 0 radical (unpaired) electrons. The topological polar surface area (TPSA) is 37.0 Å². The summed E-state index contributed by atoms with van der Waals surface area (Å²) in [5.41, 5.74) is 0. The first-order valence-electron chi connectivity index (χ1n) is 5.98. The van der Waals surface area contributed by atoms with E-state index < -0.39 is 11.6 Å². The fourth-order valence-electron chi connectivity index (χ4n) is 1.63. The summed E-state index contributed by atoms with van der Waals surface area (Å²) in [6.45, 7) is 4.67. The Morgan fingerprint density at radius 1 is 1.35 bits per heavy atom. The smallest absolute Gasteiger partial charge is 0.168 e. The van der Waals surface area contributed by atoms with E-state index in [1.165, 1.54) is 0 Å². The van der Waals surface area contributed by atoms with Gasteiger partial charge in [-0.05, 0) is 18.8 Å². The van der Waals surface area contributed by atoms with Crippen LogP contribution in [0.15, 0.2) is 6.07 Å². The van der Waals surface area contributed by atoms with Gasteiger partial charge in [-0.3, -0.25) is 0 Å². The van der Waals surface area contributed by atoms with Crippen LogP contribution in [0.2, 0.25) is 0 Å². The average molecular weight is 241 g/mol. The van der Waals surface area contributed by atoms with Gasteiger partial charge in [-0.2, -0.15) is 0 Å². The van der Waals surface area contributed by atoms with Gasteiger partial charge in [0.1, 0.15) is 0 Å². The summed E-state index contributed by atoms with van der Waals surface area (Å²) in [7, 11) is 0. The van der Waals surface area contributed by atoms with Gasteiger partial charge in [0, 0.05) is 18.7 Å². The Labute approximate surface area is 99.6 Å². The number of hydrogen-bond acceptors (Lipinski definition) is 3. The third-order valence-electron chi connectivity index (χ3n) is 2.90. The van der Waals surface area contributed by atoms with E-state index in [9.17, 15) is 8.78 Å². The third-order valence-corrected chi connectivity index (χ3v) is 2.90. The molecule has 3 nitrogen and oxygen atoms in total. The van der Waals surface area contributed by atoms with E-state index in [0.717, 1.165) is 18.9 Å². The summed E-state index contributed by atoms with van der Waals surface area (Å²) in [6, 6.07) is 1.14. The molecule has 0 saturated heterocycles. The van der Waals surface area contributed by atoms with Crippen molar-refractivity contribution in [2.75, 3.05) is 17.2 Å². The van der Waals surface area contributed by atoms with Gasteiger partial charge in [0.05, 0.1) is 0 Å². The van der Waals surface area contributed by atoms with Crippen LogP contribution < -0.4 is 10.6 Å². The van der Waals surface area contributed by atoms with Crippen molar-refractivity contribution in [2.24, 2.45) is 5.92 Å². The quantitative estimate of drug-likeness (QED) is 0.832. The van der Waals surface area contributed by atoms with Crippen LogP contribution in [0, 0.1) is 17.6 Å². The van der Waals surface area contributed by atoms with Crippen LogP contribution in [0.1, 0.15) is 26.7 Å². The minimum absolute atomic E-state index is 0.115. The van der Waals surface area contributed by atoms with Crippen LogP contribution in [0.5, 0.6) is 0 Å². The highest BCUT2D eigenvalue weighted by molar-refractivity contribution is 5.48. The van der Waals surface area contributed by atoms with Crippen molar-refractivity contribution in [3.05, 3.63) is 17.7 Å². The van der Waals surface area contributed by atoms with E-state index in [1.54, 1.807) is 0 Å². The molecule has 1 fully saturated rings. The van der Waals surface area contributed by atoms with Gasteiger partial charge in [0.15, 0.2) is 23.3 Å². The van der Waals surface area contributed by atoms with Crippen molar-refractivity contribution in [3.8, 4) is 0 Å². The number of rotatable bonds is 5. The molecule has 2 N–H and O–H groups in total. The lowest BCUT2D eigenvalue weighted by molar-refractivity contribution is 0.577. The van der Waals surface area contributed by atoms with Crippen LogP contribution >= 0.6 is 0 Å². The van der Waals surface area contributed by atoms with Gasteiger partial charge in [-0.25, -0.2) is 13.8 Å². The molecule has 0 aromatic carbocycles. The van der Waals surface area contributed by atoms with Crippen LogP contribution in [-0.2, 0) is 0 Å². The minimum atomic E-state index is -0.648. The fourth-order valence-corrected chi connectivity index (χ4v) is 1.63. The first kappa shape index (κ1) is 12.1. The molecule has 1 aromatic heterocycles. The Balaban J connectivity index is 2.13. The van der Waals surface area contributed by atoms with Crippen molar-refractivity contribution in [3.63, 3.8) is 0 Å².